The van der Waals surface area contributed by atoms with Crippen LogP contribution in [0.5, 0.6) is 0 Å². The average Bonchev–Trinajstić information content (AvgIpc) is 2.97. The molecule has 126 valence electrons. The largest absolute Gasteiger partial charge is 0.398 e. The Hall–Kier alpha value is -1.60. The van der Waals surface area contributed by atoms with Crippen molar-refractivity contribution in [3.63, 3.8) is 0 Å². The molecule has 0 aliphatic carbocycles. The van der Waals surface area contributed by atoms with Crippen LogP contribution >= 0.6 is 23.5 Å². The zero-order valence-corrected chi connectivity index (χ0v) is 14.1. The number of carbonyl (C=O) groups is 1. The minimum Gasteiger partial charge on any atom is -0.324 e. The molecule has 1 atom stereocenters. The molecule has 0 saturated heterocycles. The Morgan fingerprint density at radius 2 is 1.88 bits per heavy atom. The highest BCUT2D eigenvalue weighted by molar-refractivity contribution is 8.01. The monoisotopic (exact) mass is 369 g/mol. The van der Waals surface area contributed by atoms with Gasteiger partial charge in [-0.2, -0.15) is 13.2 Å². The van der Waals surface area contributed by atoms with Crippen LogP contribution in [0.15, 0.2) is 58.3 Å². The highest BCUT2D eigenvalue weighted by atomic mass is 32.2. The van der Waals surface area contributed by atoms with Gasteiger partial charge in [-0.05, 0) is 30.2 Å². The highest BCUT2D eigenvalue weighted by Gasteiger charge is 2.30. The quantitative estimate of drug-likeness (QED) is 0.770. The van der Waals surface area contributed by atoms with Gasteiger partial charge in [0.2, 0.25) is 5.91 Å². The van der Waals surface area contributed by atoms with Crippen molar-refractivity contribution in [2.45, 2.75) is 27.6 Å². The number of nitrogens with one attached hydrogen (secondary N) is 1. The second kappa shape index (κ2) is 7.11. The van der Waals surface area contributed by atoms with Crippen LogP contribution < -0.4 is 5.32 Å². The number of rotatable bonds is 4. The maximum absolute atomic E-state index is 12.5. The number of alkyl halides is 3. The number of fused-ring (bicyclic) bond motifs is 1. The van der Waals surface area contributed by atoms with E-state index < -0.39 is 11.9 Å². The molecule has 0 radical (unpaired) electrons. The maximum atomic E-state index is 12.5. The number of benzene rings is 2. The molecular weight excluding hydrogens is 355 g/mol. The lowest BCUT2D eigenvalue weighted by molar-refractivity contribution is -0.115. The van der Waals surface area contributed by atoms with Crippen LogP contribution in [-0.2, 0) is 11.2 Å². The van der Waals surface area contributed by atoms with Crippen molar-refractivity contribution >= 4 is 35.1 Å². The fourth-order valence-electron chi connectivity index (χ4n) is 2.40. The SMILES string of the molecule is O=C(Nc1ccccc1SCC(F)(F)F)C1Cc2ccccc2S1. The fourth-order valence-corrected chi connectivity index (χ4v) is 4.36. The van der Waals surface area contributed by atoms with Crippen LogP contribution in [0.2, 0.25) is 0 Å². The van der Waals surface area contributed by atoms with Crippen molar-refractivity contribution in [3.8, 4) is 0 Å². The second-order valence-electron chi connectivity index (χ2n) is 5.31. The van der Waals surface area contributed by atoms with Crippen LogP contribution in [0.4, 0.5) is 18.9 Å². The predicted molar refractivity (Wildman–Crippen MR) is 91.6 cm³/mol. The molecule has 1 unspecified atom stereocenters. The Balaban J connectivity index is 1.67. The van der Waals surface area contributed by atoms with E-state index in [1.165, 1.54) is 11.8 Å². The number of para-hydroxylation sites is 1. The van der Waals surface area contributed by atoms with Gasteiger partial charge in [-0.1, -0.05) is 30.3 Å². The smallest absolute Gasteiger partial charge is 0.324 e. The van der Waals surface area contributed by atoms with Crippen molar-refractivity contribution in [1.29, 1.82) is 0 Å². The van der Waals surface area contributed by atoms with Gasteiger partial charge in [-0.3, -0.25) is 4.79 Å². The van der Waals surface area contributed by atoms with Crippen LogP contribution in [0, 0.1) is 0 Å². The molecule has 7 heteroatoms. The van der Waals surface area contributed by atoms with Crippen molar-refractivity contribution in [1.82, 2.24) is 0 Å². The van der Waals surface area contributed by atoms with Crippen LogP contribution in [-0.4, -0.2) is 23.1 Å². The zero-order valence-electron chi connectivity index (χ0n) is 12.5. The number of hydrogen-bond donors (Lipinski definition) is 1. The van der Waals surface area contributed by atoms with Gasteiger partial charge in [-0.25, -0.2) is 0 Å². The summed E-state index contributed by atoms with van der Waals surface area (Å²) >= 11 is 2.17. The second-order valence-corrected chi connectivity index (χ2v) is 7.57. The first kappa shape index (κ1) is 17.2. The molecule has 1 N–H and O–H groups in total. The van der Waals surface area contributed by atoms with E-state index in [0.29, 0.717) is 28.8 Å². The van der Waals surface area contributed by atoms with Gasteiger partial charge in [0.05, 0.1) is 16.7 Å². The molecule has 1 amide bonds. The summed E-state index contributed by atoms with van der Waals surface area (Å²) in [7, 11) is 0. The molecule has 0 spiro atoms. The Bertz CT molecular complexity index is 724. The number of halogens is 3. The molecule has 2 nitrogen and oxygen atoms in total. The minimum absolute atomic E-state index is 0.184. The van der Waals surface area contributed by atoms with Crippen molar-refractivity contribution in [2.24, 2.45) is 0 Å². The highest BCUT2D eigenvalue weighted by Crippen LogP contribution is 2.38. The number of amides is 1. The Morgan fingerprint density at radius 1 is 1.17 bits per heavy atom. The average molecular weight is 369 g/mol. The van der Waals surface area contributed by atoms with Gasteiger partial charge < -0.3 is 5.32 Å². The topological polar surface area (TPSA) is 29.1 Å². The fraction of sp³-hybridized carbons (Fsp3) is 0.235. The number of anilines is 1. The molecule has 2 aromatic carbocycles. The third kappa shape index (κ3) is 4.27. The standard InChI is InChI=1S/C17H14F3NOS2/c18-17(19,20)10-23-14-8-4-2-6-12(14)21-16(22)15-9-11-5-1-3-7-13(11)24-15/h1-8,15H,9-10H2,(H,21,22). The molecule has 1 aliphatic heterocycles. The molecule has 1 heterocycles. The first-order valence-electron chi connectivity index (χ1n) is 7.26. The molecule has 0 fully saturated rings. The summed E-state index contributed by atoms with van der Waals surface area (Å²) < 4.78 is 37.3. The number of hydrogen-bond acceptors (Lipinski definition) is 3. The third-order valence-corrected chi connectivity index (χ3v) is 5.93. The summed E-state index contributed by atoms with van der Waals surface area (Å²) in [6, 6.07) is 14.4. The van der Waals surface area contributed by atoms with Crippen LogP contribution in [0.25, 0.3) is 0 Å². The molecular formula is C17H14F3NOS2. The Morgan fingerprint density at radius 3 is 2.62 bits per heavy atom. The summed E-state index contributed by atoms with van der Waals surface area (Å²) in [5, 5.41) is 2.51. The summed E-state index contributed by atoms with van der Waals surface area (Å²) in [5.74, 6) is -1.17. The molecule has 0 saturated carbocycles. The van der Waals surface area contributed by atoms with Crippen molar-refractivity contribution in [2.75, 3.05) is 11.1 Å². The molecule has 2 aromatic rings. The molecule has 3 rings (SSSR count). The lowest BCUT2D eigenvalue weighted by Gasteiger charge is -2.14. The van der Waals surface area contributed by atoms with E-state index in [9.17, 15) is 18.0 Å². The molecule has 0 bridgehead atoms. The first-order chi connectivity index (χ1) is 11.4. The Kier molecular flexibility index (Phi) is 5.10. The van der Waals surface area contributed by atoms with Gasteiger partial charge in [0, 0.05) is 9.79 Å². The maximum Gasteiger partial charge on any atom is 0.398 e. The van der Waals surface area contributed by atoms with E-state index in [0.717, 1.165) is 10.5 Å². The normalized spacial score (nSPS) is 16.7. The van der Waals surface area contributed by atoms with Crippen LogP contribution in [0.3, 0.4) is 0 Å². The van der Waals surface area contributed by atoms with Crippen molar-refractivity contribution < 1.29 is 18.0 Å². The lowest BCUT2D eigenvalue weighted by Crippen LogP contribution is -2.25. The minimum atomic E-state index is -4.25. The van der Waals surface area contributed by atoms with Gasteiger partial charge in [0.1, 0.15) is 0 Å². The van der Waals surface area contributed by atoms with E-state index in [1.54, 1.807) is 24.3 Å². The van der Waals surface area contributed by atoms with Gasteiger partial charge in [-0.15, -0.1) is 23.5 Å². The number of thioether (sulfide) groups is 2. The molecule has 0 aromatic heterocycles. The van der Waals surface area contributed by atoms with Gasteiger partial charge in [0.25, 0.3) is 0 Å². The summed E-state index contributed by atoms with van der Waals surface area (Å²) in [6.07, 6.45) is -3.62. The number of carbonyl (C=O) groups excluding carboxylic acids is 1. The predicted octanol–water partition coefficient (Wildman–Crippen LogP) is 5.00. The van der Waals surface area contributed by atoms with Crippen molar-refractivity contribution in [3.05, 3.63) is 54.1 Å². The summed E-state index contributed by atoms with van der Waals surface area (Å²) in [6.45, 7) is 0. The zero-order chi connectivity index (χ0) is 17.2. The van der Waals surface area contributed by atoms with Crippen LogP contribution in [0.1, 0.15) is 5.56 Å². The Labute approximate surface area is 146 Å². The van der Waals surface area contributed by atoms with E-state index in [1.807, 2.05) is 24.3 Å². The lowest BCUT2D eigenvalue weighted by atomic mass is 10.1. The summed E-state index contributed by atoms with van der Waals surface area (Å²) in [4.78, 5) is 14.0. The van der Waals surface area contributed by atoms with Gasteiger partial charge >= 0.3 is 6.18 Å². The van der Waals surface area contributed by atoms with Gasteiger partial charge in [0.15, 0.2) is 0 Å². The van der Waals surface area contributed by atoms with E-state index in [2.05, 4.69) is 5.32 Å². The van der Waals surface area contributed by atoms with E-state index in [-0.39, 0.29) is 11.2 Å². The molecule has 24 heavy (non-hydrogen) atoms. The molecule has 1 aliphatic rings. The first-order valence-corrected chi connectivity index (χ1v) is 9.13. The third-order valence-electron chi connectivity index (χ3n) is 3.48. The van der Waals surface area contributed by atoms with E-state index in [4.69, 9.17) is 0 Å². The summed E-state index contributed by atoms with van der Waals surface area (Å²) in [5.41, 5.74) is 1.55. The van der Waals surface area contributed by atoms with E-state index >= 15 is 0 Å².